The van der Waals surface area contributed by atoms with Crippen molar-refractivity contribution >= 4 is 69.1 Å². The Labute approximate surface area is 510 Å². The van der Waals surface area contributed by atoms with Crippen LogP contribution >= 0.6 is 0 Å². The maximum absolute atomic E-state index is 12.5. The Hall–Kier alpha value is -9.49. The largest absolute Gasteiger partial charge is 0.392 e. The third-order valence-electron chi connectivity index (χ3n) is 13.8. The third kappa shape index (κ3) is 19.0. The van der Waals surface area contributed by atoms with Gasteiger partial charge in [-0.15, -0.1) is 0 Å². The van der Waals surface area contributed by atoms with Gasteiger partial charge in [0.2, 0.25) is 0 Å². The molecule has 0 aromatic heterocycles. The number of Topliss-reactive ketones (excluding diaryl/α,β-unsaturated/α-hetero) is 1. The fourth-order valence-corrected chi connectivity index (χ4v) is 11.9. The summed E-state index contributed by atoms with van der Waals surface area (Å²) in [6, 6.07) is 46.8. The van der Waals surface area contributed by atoms with Crippen LogP contribution in [0.3, 0.4) is 0 Å². The molecule has 2 saturated carbocycles. The zero-order valence-electron chi connectivity index (χ0n) is 47.8. The number of aryl methyl sites for hydroxylation is 2. The SMILES string of the molecule is CC1(C)C2CCC1(CS(=O)(=O)O/N=C(\C#N)c1ccc(CO)cc1)C(=O)C2.CS(=O)(=O)O/N=C(\C#N)c1ccc(CO)cc1.Cc1ccc(S(=O)(=O)O/N=C(\C#N)c2ccc(CO)cc2)cc1.Cc1ccc(S(=O)(=O)O/N=C(\C#N)c2ccccc2)cc1. The molecule has 6 aromatic rings. The maximum Gasteiger partial charge on any atom is 0.358 e. The second-order valence-electron chi connectivity index (χ2n) is 20.0. The molecule has 28 heteroatoms. The molecule has 88 heavy (non-hydrogen) atoms. The molecular formula is C60H58N8O16S4. The molecule has 2 fully saturated rings. The number of aliphatic hydroxyl groups is 3. The van der Waals surface area contributed by atoms with Crippen molar-refractivity contribution in [2.24, 2.45) is 37.4 Å². The standard InChI is InChI=1S/C19H22N2O5S.C16H14N2O4S.C15H12N2O3S.C10H10N2O4S/c1-18(2)15-7-8-19(18,17(23)9-15)12-27(24,25)26-21-16(10-20)14-5-3-13(11-22)4-6-14;1-12-2-8-15(9-3-12)23(20,21)22-18-16(10-17)14-6-4-13(11-19)5-7-14;1-12-7-9-14(10-8-12)21(18,19)20-17-15(11-16)13-5-3-2-4-6-13;1-17(14,15)16-12-10(6-11)9-4-2-8(7-13)3-5-9/h3-6,15,22H,7-9,11-12H2,1-2H3;2-9,19H,11H2,1H3;2-10H,1H3;2-5,13H,7H2,1H3/b21-16+;18-16+;17-15+;12-10+. The van der Waals surface area contributed by atoms with E-state index in [9.17, 15) is 43.7 Å². The van der Waals surface area contributed by atoms with Crippen LogP contribution in [0.15, 0.2) is 182 Å². The van der Waals surface area contributed by atoms with Gasteiger partial charge in [0.15, 0.2) is 22.8 Å². The van der Waals surface area contributed by atoms with Crippen molar-refractivity contribution in [3.63, 3.8) is 0 Å². The van der Waals surface area contributed by atoms with E-state index in [1.807, 2.05) is 39.8 Å². The molecule has 3 N–H and O–H groups in total. The summed E-state index contributed by atoms with van der Waals surface area (Å²) in [6.45, 7) is 7.18. The zero-order valence-corrected chi connectivity index (χ0v) is 51.1. The fraction of sp³-hybridized carbons (Fsp3) is 0.250. The first kappa shape index (κ1) is 69.3. The average molecular weight is 1280 g/mol. The van der Waals surface area contributed by atoms with Gasteiger partial charge >= 0.3 is 40.5 Å². The van der Waals surface area contributed by atoms with Gasteiger partial charge in [-0.25, -0.2) is 0 Å². The van der Waals surface area contributed by atoms with Crippen molar-refractivity contribution in [1.29, 1.82) is 21.0 Å². The second-order valence-corrected chi connectivity index (χ2v) is 26.2. The number of carbonyl (C=O) groups is 1. The van der Waals surface area contributed by atoms with Crippen LogP contribution in [-0.2, 0) is 82.2 Å². The van der Waals surface area contributed by atoms with E-state index in [0.29, 0.717) is 51.8 Å². The Kier molecular flexibility index (Phi) is 24.2. The highest BCUT2D eigenvalue weighted by Crippen LogP contribution is 2.64. The summed E-state index contributed by atoms with van der Waals surface area (Å²) in [4.78, 5) is 12.4. The van der Waals surface area contributed by atoms with Crippen LogP contribution in [0.2, 0.25) is 0 Å². The predicted octanol–water partition coefficient (Wildman–Crippen LogP) is 7.28. The minimum Gasteiger partial charge on any atom is -0.392 e. The summed E-state index contributed by atoms with van der Waals surface area (Å²) in [5, 5.41) is 76.7. The normalized spacial score (nSPS) is 16.4. The molecule has 2 atom stereocenters. The number of rotatable bonds is 19. The quantitative estimate of drug-likeness (QED) is 0.0529. The first-order chi connectivity index (χ1) is 41.6. The Morgan fingerprint density at radius 2 is 0.830 bits per heavy atom. The van der Waals surface area contributed by atoms with E-state index in [1.165, 1.54) is 24.3 Å². The molecule has 0 radical (unpaired) electrons. The molecule has 8 rings (SSSR count). The lowest BCUT2D eigenvalue weighted by molar-refractivity contribution is -0.128. The van der Waals surface area contributed by atoms with Gasteiger partial charge in [-0.1, -0.05) is 173 Å². The molecule has 0 amide bonds. The Morgan fingerprint density at radius 3 is 1.12 bits per heavy atom. The van der Waals surface area contributed by atoms with Crippen molar-refractivity contribution in [2.75, 3.05) is 12.0 Å². The summed E-state index contributed by atoms with van der Waals surface area (Å²) in [6.07, 6.45) is 2.61. The molecular weight excluding hydrogens is 1220 g/mol. The third-order valence-corrected chi connectivity index (χ3v) is 17.6. The highest BCUT2D eigenvalue weighted by atomic mass is 32.2. The molecule has 0 aliphatic heterocycles. The lowest BCUT2D eigenvalue weighted by atomic mass is 9.70. The van der Waals surface area contributed by atoms with Crippen LogP contribution in [0.4, 0.5) is 0 Å². The van der Waals surface area contributed by atoms with Gasteiger partial charge in [0.25, 0.3) is 0 Å². The molecule has 6 aromatic carbocycles. The number of nitrogens with zero attached hydrogens (tertiary/aromatic N) is 8. The van der Waals surface area contributed by atoms with Crippen molar-refractivity contribution in [3.8, 4) is 24.3 Å². The van der Waals surface area contributed by atoms with E-state index in [4.69, 9.17) is 35.4 Å². The molecule has 2 bridgehead atoms. The van der Waals surface area contributed by atoms with E-state index in [1.54, 1.807) is 140 Å². The van der Waals surface area contributed by atoms with Crippen LogP contribution in [0, 0.1) is 75.9 Å². The summed E-state index contributed by atoms with van der Waals surface area (Å²) >= 11 is 0. The van der Waals surface area contributed by atoms with E-state index in [2.05, 4.69) is 33.5 Å². The number of benzene rings is 6. The number of carbonyl (C=O) groups excluding carboxylic acids is 1. The molecule has 0 saturated heterocycles. The molecule has 0 heterocycles. The monoisotopic (exact) mass is 1270 g/mol. The number of nitriles is 4. The lowest BCUT2D eigenvalue weighted by Gasteiger charge is -2.35. The molecule has 24 nitrogen and oxygen atoms in total. The Morgan fingerprint density at radius 1 is 0.500 bits per heavy atom. The number of aliphatic hydroxyl groups excluding tert-OH is 3. The molecule has 0 spiro atoms. The average Bonchev–Trinajstić information content (AvgIpc) is 2.13. The van der Waals surface area contributed by atoms with Gasteiger partial charge in [0.05, 0.1) is 31.5 Å². The fourth-order valence-electron chi connectivity index (χ4n) is 8.75. The van der Waals surface area contributed by atoms with Crippen LogP contribution in [-0.4, -0.2) is 89.6 Å². The highest BCUT2D eigenvalue weighted by Gasteiger charge is 2.65. The number of oxime groups is 4. The van der Waals surface area contributed by atoms with E-state index >= 15 is 0 Å². The minimum absolute atomic E-state index is 0.0119. The molecule has 2 aliphatic carbocycles. The van der Waals surface area contributed by atoms with Crippen molar-refractivity contribution in [2.45, 2.75) is 76.6 Å². The number of hydrogen-bond donors (Lipinski definition) is 3. The Balaban J connectivity index is 0.000000217. The van der Waals surface area contributed by atoms with E-state index < -0.39 is 57.1 Å². The summed E-state index contributed by atoms with van der Waals surface area (Å²) in [5.41, 5.74) is 3.53. The summed E-state index contributed by atoms with van der Waals surface area (Å²) in [7, 11) is -16.0. The van der Waals surface area contributed by atoms with Crippen LogP contribution in [0.5, 0.6) is 0 Å². The topological polar surface area (TPSA) is 396 Å². The predicted molar refractivity (Wildman–Crippen MR) is 320 cm³/mol. The van der Waals surface area contributed by atoms with E-state index in [-0.39, 0.29) is 64.2 Å². The number of ketones is 1. The molecule has 458 valence electrons. The van der Waals surface area contributed by atoms with Gasteiger partial charge in [-0.2, -0.15) is 54.7 Å². The minimum atomic E-state index is -4.14. The second kappa shape index (κ2) is 30.7. The molecule has 2 aliphatic rings. The van der Waals surface area contributed by atoms with Gasteiger partial charge < -0.3 is 15.3 Å². The number of hydrogen-bond acceptors (Lipinski definition) is 24. The van der Waals surface area contributed by atoms with Crippen molar-refractivity contribution in [3.05, 3.63) is 202 Å². The highest BCUT2D eigenvalue weighted by molar-refractivity contribution is 7.87. The zero-order chi connectivity index (χ0) is 64.9. The molecule has 2 unspecified atom stereocenters. The van der Waals surface area contributed by atoms with Gasteiger partial charge in [-0.3, -0.25) is 21.9 Å². The van der Waals surface area contributed by atoms with E-state index in [0.717, 1.165) is 23.8 Å². The van der Waals surface area contributed by atoms with Gasteiger partial charge in [0.1, 0.15) is 45.6 Å². The van der Waals surface area contributed by atoms with Crippen LogP contribution < -0.4 is 0 Å². The van der Waals surface area contributed by atoms with Crippen LogP contribution in [0.1, 0.15) is 83.2 Å². The van der Waals surface area contributed by atoms with Gasteiger partial charge in [-0.05, 0) is 79.0 Å². The first-order valence-corrected chi connectivity index (χ1v) is 32.2. The van der Waals surface area contributed by atoms with Gasteiger partial charge in [0, 0.05) is 28.7 Å². The first-order valence-electron chi connectivity index (χ1n) is 26.0. The lowest BCUT2D eigenvalue weighted by Crippen LogP contribution is -2.42. The smallest absolute Gasteiger partial charge is 0.358 e. The number of fused-ring (bicyclic) bond motifs is 2. The van der Waals surface area contributed by atoms with Crippen LogP contribution in [0.25, 0.3) is 0 Å². The summed E-state index contributed by atoms with van der Waals surface area (Å²) < 4.78 is 113. The van der Waals surface area contributed by atoms with Crippen molar-refractivity contribution < 1.29 is 70.9 Å². The Bertz CT molecular complexity index is 4210. The maximum atomic E-state index is 12.5. The van der Waals surface area contributed by atoms with Crippen molar-refractivity contribution in [1.82, 2.24) is 0 Å². The summed E-state index contributed by atoms with van der Waals surface area (Å²) in [5.74, 6) is -0.253.